The van der Waals surface area contributed by atoms with Crippen LogP contribution in [0.1, 0.15) is 17.5 Å². The number of hydrogen-bond acceptors (Lipinski definition) is 4. The number of allylic oxidation sites excluding steroid dienone is 1. The molecule has 3 N–H and O–H groups in total. The largest absolute Gasteiger partial charge is 0.473 e. The Bertz CT molecular complexity index is 984. The molecule has 3 heterocycles. The third kappa shape index (κ3) is 2.67. The third-order valence-corrected chi connectivity index (χ3v) is 4.20. The van der Waals surface area contributed by atoms with E-state index in [4.69, 9.17) is 10.5 Å². The van der Waals surface area contributed by atoms with E-state index in [0.29, 0.717) is 30.1 Å². The normalized spacial score (nSPS) is 15.8. The molecule has 4 rings (SSSR count). The quantitative estimate of drug-likeness (QED) is 0.622. The van der Waals surface area contributed by atoms with Crippen molar-refractivity contribution in [3.63, 3.8) is 0 Å². The second kappa shape index (κ2) is 5.88. The molecule has 122 valence electrons. The van der Waals surface area contributed by atoms with Gasteiger partial charge in [-0.3, -0.25) is 4.57 Å². The van der Waals surface area contributed by atoms with E-state index in [0.717, 1.165) is 18.4 Å². The molecule has 0 saturated carbocycles. The van der Waals surface area contributed by atoms with E-state index in [1.807, 2.05) is 18.2 Å². The van der Waals surface area contributed by atoms with Gasteiger partial charge in [0, 0.05) is 6.07 Å². The van der Waals surface area contributed by atoms with Gasteiger partial charge in [-0.1, -0.05) is 36.4 Å². The molecule has 0 atom stereocenters. The lowest BCUT2D eigenvalue weighted by atomic mass is 10.1. The van der Waals surface area contributed by atoms with E-state index < -0.39 is 0 Å². The van der Waals surface area contributed by atoms with Crippen LogP contribution in [0.15, 0.2) is 47.3 Å². The second-order valence-electron chi connectivity index (χ2n) is 5.90. The zero-order valence-corrected chi connectivity index (χ0v) is 13.2. The lowest BCUT2D eigenvalue weighted by Crippen LogP contribution is -2.17. The molecule has 6 nitrogen and oxygen atoms in total. The first kappa shape index (κ1) is 14.6. The number of nitrogens with two attached hydrogens (primary N) is 1. The van der Waals surface area contributed by atoms with Crippen LogP contribution in [0.5, 0.6) is 5.88 Å². The Labute approximate surface area is 138 Å². The highest BCUT2D eigenvalue weighted by molar-refractivity contribution is 5.85. The van der Waals surface area contributed by atoms with Gasteiger partial charge in [0.25, 0.3) is 0 Å². The van der Waals surface area contributed by atoms with Crippen molar-refractivity contribution < 1.29 is 4.74 Å². The van der Waals surface area contributed by atoms with E-state index in [1.54, 1.807) is 10.6 Å². The summed E-state index contributed by atoms with van der Waals surface area (Å²) in [6.45, 7) is 0.901. The van der Waals surface area contributed by atoms with Crippen molar-refractivity contribution in [1.29, 1.82) is 0 Å². The van der Waals surface area contributed by atoms with Crippen LogP contribution >= 0.6 is 0 Å². The molecule has 1 aliphatic rings. The summed E-state index contributed by atoms with van der Waals surface area (Å²) in [6, 6.07) is 10.1. The highest BCUT2D eigenvalue weighted by Gasteiger charge is 2.13. The van der Waals surface area contributed by atoms with Crippen LogP contribution in [-0.4, -0.2) is 21.1 Å². The third-order valence-electron chi connectivity index (χ3n) is 4.20. The number of H-pyrrole nitrogens is 1. The summed E-state index contributed by atoms with van der Waals surface area (Å²) in [5.74, 6) is 0.686. The zero-order valence-electron chi connectivity index (χ0n) is 13.2. The van der Waals surface area contributed by atoms with Crippen LogP contribution in [0.4, 0.5) is 5.82 Å². The summed E-state index contributed by atoms with van der Waals surface area (Å²) < 4.78 is 7.31. The number of aromatic amines is 1. The average molecular weight is 322 g/mol. The van der Waals surface area contributed by atoms with Crippen LogP contribution < -0.4 is 16.2 Å². The summed E-state index contributed by atoms with van der Waals surface area (Å²) >= 11 is 0. The number of fused-ring (bicyclic) bond motifs is 3. The van der Waals surface area contributed by atoms with Gasteiger partial charge < -0.3 is 15.5 Å². The van der Waals surface area contributed by atoms with Gasteiger partial charge in [0.05, 0.1) is 12.1 Å². The van der Waals surface area contributed by atoms with Crippen molar-refractivity contribution in [3.8, 4) is 5.88 Å². The highest BCUT2D eigenvalue weighted by atomic mass is 16.5. The molecule has 0 saturated heterocycles. The standard InChI is InChI=1S/C18H18N4O2/c19-17-16-14-10-15(20-17)24-8-3-1-2-5-12-6-4-7-13(9-12)11-22(14)18(23)21-16/h1,3-4,6-7,9-10H,2,5,8,11H2,(H2,19,20)(H,21,23)/b3-1+. The molecule has 0 amide bonds. The van der Waals surface area contributed by atoms with E-state index in [9.17, 15) is 4.79 Å². The fourth-order valence-corrected chi connectivity index (χ4v) is 3.02. The van der Waals surface area contributed by atoms with E-state index in [-0.39, 0.29) is 11.5 Å². The number of rotatable bonds is 0. The molecule has 24 heavy (non-hydrogen) atoms. The van der Waals surface area contributed by atoms with E-state index in [1.165, 1.54) is 5.56 Å². The van der Waals surface area contributed by atoms with Crippen molar-refractivity contribution >= 4 is 16.9 Å². The maximum absolute atomic E-state index is 12.4. The van der Waals surface area contributed by atoms with E-state index >= 15 is 0 Å². The predicted octanol–water partition coefficient (Wildman–Crippen LogP) is 2.24. The number of nitrogens with one attached hydrogen (secondary N) is 1. The molecular formula is C18H18N4O2. The Kier molecular flexibility index (Phi) is 3.57. The number of nitrogen functional groups attached to an aromatic ring is 1. The highest BCUT2D eigenvalue weighted by Crippen LogP contribution is 2.22. The lowest BCUT2D eigenvalue weighted by Gasteiger charge is -2.09. The van der Waals surface area contributed by atoms with Gasteiger partial charge in [0.2, 0.25) is 5.88 Å². The Balaban J connectivity index is 1.89. The van der Waals surface area contributed by atoms with Gasteiger partial charge in [-0.25, -0.2) is 4.79 Å². The van der Waals surface area contributed by atoms with Crippen LogP contribution in [0.2, 0.25) is 0 Å². The Hall–Kier alpha value is -3.02. The minimum absolute atomic E-state index is 0.201. The number of pyridine rings is 1. The molecule has 1 aromatic carbocycles. The molecule has 1 aliphatic heterocycles. The van der Waals surface area contributed by atoms with Crippen molar-refractivity contribution in [3.05, 3.63) is 64.1 Å². The predicted molar refractivity (Wildman–Crippen MR) is 93.3 cm³/mol. The number of hydrogen-bond donors (Lipinski definition) is 2. The number of aromatic nitrogens is 3. The van der Waals surface area contributed by atoms with Gasteiger partial charge in [0.1, 0.15) is 12.1 Å². The number of imidazole rings is 1. The lowest BCUT2D eigenvalue weighted by molar-refractivity contribution is 0.349. The van der Waals surface area contributed by atoms with Gasteiger partial charge in [0.15, 0.2) is 5.82 Å². The summed E-state index contributed by atoms with van der Waals surface area (Å²) in [5.41, 5.74) is 9.36. The fraction of sp³-hybridized carbons (Fsp3) is 0.222. The van der Waals surface area contributed by atoms with Gasteiger partial charge in [-0.15, -0.1) is 0 Å². The summed E-state index contributed by atoms with van der Waals surface area (Å²) in [6.07, 6.45) is 5.98. The Morgan fingerprint density at radius 3 is 3.00 bits per heavy atom. The van der Waals surface area contributed by atoms with E-state index in [2.05, 4.69) is 28.2 Å². The molecule has 0 spiro atoms. The molecule has 0 unspecified atom stereocenters. The van der Waals surface area contributed by atoms with Crippen LogP contribution in [0, 0.1) is 0 Å². The number of nitrogens with zero attached hydrogens (tertiary/aromatic N) is 2. The summed E-state index contributed by atoms with van der Waals surface area (Å²) in [7, 11) is 0. The Morgan fingerprint density at radius 1 is 1.21 bits per heavy atom. The fourth-order valence-electron chi connectivity index (χ4n) is 3.02. The maximum Gasteiger partial charge on any atom is 0.326 e. The first-order valence-corrected chi connectivity index (χ1v) is 7.95. The molecule has 2 aromatic heterocycles. The maximum atomic E-state index is 12.4. The van der Waals surface area contributed by atoms with Crippen LogP contribution in [0.3, 0.4) is 0 Å². The van der Waals surface area contributed by atoms with Gasteiger partial charge in [-0.2, -0.15) is 4.98 Å². The number of benzene rings is 1. The molecule has 4 bridgehead atoms. The first-order chi connectivity index (χ1) is 11.7. The van der Waals surface area contributed by atoms with Crippen molar-refractivity contribution in [1.82, 2.24) is 14.5 Å². The average Bonchev–Trinajstić information content (AvgIpc) is 2.88. The molecule has 0 radical (unpaired) electrons. The number of aryl methyl sites for hydroxylation is 1. The van der Waals surface area contributed by atoms with Crippen molar-refractivity contribution in [2.24, 2.45) is 0 Å². The Morgan fingerprint density at radius 2 is 2.08 bits per heavy atom. The van der Waals surface area contributed by atoms with Crippen LogP contribution in [-0.2, 0) is 13.0 Å². The molecule has 0 aliphatic carbocycles. The molecule has 0 fully saturated rings. The first-order valence-electron chi connectivity index (χ1n) is 7.95. The SMILES string of the molecule is Nc1nc2cc3c1[nH]c(=O)n3Cc1cccc(c1)CC/C=C/CO2. The minimum Gasteiger partial charge on any atom is -0.473 e. The minimum atomic E-state index is -0.201. The number of anilines is 1. The topological polar surface area (TPSA) is 85.9 Å². The molecule has 6 heteroatoms. The van der Waals surface area contributed by atoms with Crippen LogP contribution in [0.25, 0.3) is 11.0 Å². The van der Waals surface area contributed by atoms with Gasteiger partial charge in [-0.05, 0) is 24.0 Å². The van der Waals surface area contributed by atoms with Crippen molar-refractivity contribution in [2.75, 3.05) is 12.3 Å². The monoisotopic (exact) mass is 322 g/mol. The smallest absolute Gasteiger partial charge is 0.326 e. The zero-order chi connectivity index (χ0) is 16.5. The molecule has 3 aromatic rings. The van der Waals surface area contributed by atoms with Gasteiger partial charge >= 0.3 is 5.69 Å². The second-order valence-corrected chi connectivity index (χ2v) is 5.90. The summed E-state index contributed by atoms with van der Waals surface area (Å²) in [4.78, 5) is 19.4. The number of ether oxygens (including phenoxy) is 1. The summed E-state index contributed by atoms with van der Waals surface area (Å²) in [5, 5.41) is 0. The molecular weight excluding hydrogens is 304 g/mol. The van der Waals surface area contributed by atoms with Crippen molar-refractivity contribution in [2.45, 2.75) is 19.4 Å².